The highest BCUT2D eigenvalue weighted by molar-refractivity contribution is 6.31. The van der Waals surface area contributed by atoms with E-state index in [4.69, 9.17) is 21.1 Å². The van der Waals surface area contributed by atoms with Crippen LogP contribution in [-0.2, 0) is 16.1 Å². The Morgan fingerprint density at radius 2 is 1.91 bits per heavy atom. The summed E-state index contributed by atoms with van der Waals surface area (Å²) in [5.74, 6) is 0.910. The Kier molecular flexibility index (Phi) is 9.01. The van der Waals surface area contributed by atoms with E-state index >= 15 is 0 Å². The molecule has 1 aliphatic carbocycles. The van der Waals surface area contributed by atoms with E-state index in [2.05, 4.69) is 5.32 Å². The monoisotopic (exact) mass is 472 g/mol. The van der Waals surface area contributed by atoms with Gasteiger partial charge < -0.3 is 19.7 Å². The molecular weight excluding hydrogens is 440 g/mol. The Balaban J connectivity index is 1.78. The van der Waals surface area contributed by atoms with Crippen molar-refractivity contribution in [1.82, 2.24) is 10.2 Å². The van der Waals surface area contributed by atoms with Gasteiger partial charge in [-0.15, -0.1) is 0 Å². The number of nitrogens with zero attached hydrogens (tertiary/aromatic N) is 1. The van der Waals surface area contributed by atoms with Crippen molar-refractivity contribution in [2.75, 3.05) is 13.7 Å². The van der Waals surface area contributed by atoms with Gasteiger partial charge in [-0.3, -0.25) is 9.59 Å². The van der Waals surface area contributed by atoms with Crippen LogP contribution in [0.2, 0.25) is 5.02 Å². The van der Waals surface area contributed by atoms with Gasteiger partial charge in [0, 0.05) is 17.6 Å². The number of ether oxygens (including phenoxy) is 2. The van der Waals surface area contributed by atoms with Crippen LogP contribution in [0.15, 0.2) is 42.5 Å². The maximum atomic E-state index is 13.3. The number of aryl methyl sites for hydroxylation is 1. The second-order valence-electron chi connectivity index (χ2n) is 8.49. The highest BCUT2D eigenvalue weighted by Crippen LogP contribution is 2.23. The molecule has 0 spiro atoms. The zero-order valence-electron chi connectivity index (χ0n) is 19.6. The molecule has 1 aliphatic rings. The molecule has 0 unspecified atom stereocenters. The average Bonchev–Trinajstić information content (AvgIpc) is 3.32. The van der Waals surface area contributed by atoms with Gasteiger partial charge in [-0.05, 0) is 67.6 Å². The number of hydrogen-bond acceptors (Lipinski definition) is 4. The second kappa shape index (κ2) is 11.9. The van der Waals surface area contributed by atoms with Crippen LogP contribution in [0, 0.1) is 6.92 Å². The summed E-state index contributed by atoms with van der Waals surface area (Å²) in [6, 6.07) is 12.4. The maximum absolute atomic E-state index is 13.3. The number of amides is 2. The van der Waals surface area contributed by atoms with Crippen molar-refractivity contribution in [1.29, 1.82) is 0 Å². The van der Waals surface area contributed by atoms with Crippen molar-refractivity contribution in [2.45, 2.75) is 64.6 Å². The lowest BCUT2D eigenvalue weighted by atomic mass is 10.1. The summed E-state index contributed by atoms with van der Waals surface area (Å²) in [4.78, 5) is 28.1. The second-order valence-corrected chi connectivity index (χ2v) is 8.89. The lowest BCUT2D eigenvalue weighted by molar-refractivity contribution is -0.143. The first-order chi connectivity index (χ1) is 15.9. The van der Waals surface area contributed by atoms with E-state index in [1.807, 2.05) is 38.1 Å². The zero-order valence-corrected chi connectivity index (χ0v) is 20.4. The SMILES string of the molecule is CC[C@@H](C(=O)NC1CCCC1)N(Cc1cccc(OC)c1)C(=O)COc1ccc(Cl)c(C)c1. The molecule has 178 valence electrons. The largest absolute Gasteiger partial charge is 0.497 e. The van der Waals surface area contributed by atoms with Crippen LogP contribution < -0.4 is 14.8 Å². The van der Waals surface area contributed by atoms with E-state index in [-0.39, 0.29) is 31.0 Å². The molecule has 0 aliphatic heterocycles. The zero-order chi connectivity index (χ0) is 23.8. The summed E-state index contributed by atoms with van der Waals surface area (Å²) in [7, 11) is 1.61. The highest BCUT2D eigenvalue weighted by Gasteiger charge is 2.31. The summed E-state index contributed by atoms with van der Waals surface area (Å²) in [5, 5.41) is 3.79. The highest BCUT2D eigenvalue weighted by atomic mass is 35.5. The predicted molar refractivity (Wildman–Crippen MR) is 130 cm³/mol. The van der Waals surface area contributed by atoms with Crippen molar-refractivity contribution in [3.05, 3.63) is 58.6 Å². The molecule has 0 bridgehead atoms. The van der Waals surface area contributed by atoms with Crippen LogP contribution in [0.1, 0.15) is 50.2 Å². The Labute approximate surface area is 201 Å². The first-order valence-electron chi connectivity index (χ1n) is 11.5. The number of rotatable bonds is 10. The fourth-order valence-corrected chi connectivity index (χ4v) is 4.31. The van der Waals surface area contributed by atoms with Crippen molar-refractivity contribution in [3.63, 3.8) is 0 Å². The van der Waals surface area contributed by atoms with E-state index in [1.54, 1.807) is 30.2 Å². The molecule has 0 radical (unpaired) electrons. The van der Waals surface area contributed by atoms with Crippen LogP contribution in [0.3, 0.4) is 0 Å². The van der Waals surface area contributed by atoms with E-state index in [1.165, 1.54) is 0 Å². The quantitative estimate of drug-likeness (QED) is 0.534. The normalized spacial score (nSPS) is 14.5. The molecule has 1 fully saturated rings. The van der Waals surface area contributed by atoms with Gasteiger partial charge in [0.2, 0.25) is 5.91 Å². The third-order valence-corrected chi connectivity index (χ3v) is 6.49. The van der Waals surface area contributed by atoms with Gasteiger partial charge in [-0.1, -0.05) is 43.5 Å². The molecule has 0 saturated heterocycles. The Morgan fingerprint density at radius 1 is 1.15 bits per heavy atom. The van der Waals surface area contributed by atoms with Gasteiger partial charge in [0.15, 0.2) is 6.61 Å². The minimum atomic E-state index is -0.583. The maximum Gasteiger partial charge on any atom is 0.261 e. The molecule has 2 aromatic rings. The Hall–Kier alpha value is -2.73. The number of halogens is 1. The summed E-state index contributed by atoms with van der Waals surface area (Å²) in [5.41, 5.74) is 1.76. The Morgan fingerprint density at radius 3 is 2.58 bits per heavy atom. The molecule has 1 atom stereocenters. The van der Waals surface area contributed by atoms with Crippen molar-refractivity contribution in [3.8, 4) is 11.5 Å². The molecule has 6 nitrogen and oxygen atoms in total. The van der Waals surface area contributed by atoms with Gasteiger partial charge in [0.25, 0.3) is 5.91 Å². The number of hydrogen-bond donors (Lipinski definition) is 1. The molecule has 2 amide bonds. The number of nitrogens with one attached hydrogen (secondary N) is 1. The van der Waals surface area contributed by atoms with Crippen LogP contribution in [-0.4, -0.2) is 42.5 Å². The first kappa shape index (κ1) is 24.9. The number of carbonyl (C=O) groups is 2. The van der Waals surface area contributed by atoms with Crippen LogP contribution in [0.25, 0.3) is 0 Å². The van der Waals surface area contributed by atoms with Gasteiger partial charge in [-0.2, -0.15) is 0 Å². The van der Waals surface area contributed by atoms with Crippen LogP contribution in [0.5, 0.6) is 11.5 Å². The van der Waals surface area contributed by atoms with Crippen LogP contribution >= 0.6 is 11.6 Å². The standard InChI is InChI=1S/C26H33ClN2O4/c1-4-24(26(31)28-20-9-5-6-10-20)29(16-19-8-7-11-21(15-19)32-3)25(30)17-33-22-12-13-23(27)18(2)14-22/h7-8,11-15,20,24H,4-6,9-10,16-17H2,1-3H3,(H,28,31)/t24-/m0/s1. The van der Waals surface area contributed by atoms with Gasteiger partial charge >= 0.3 is 0 Å². The average molecular weight is 473 g/mol. The van der Waals surface area contributed by atoms with Gasteiger partial charge in [-0.25, -0.2) is 0 Å². The van der Waals surface area contributed by atoms with Gasteiger partial charge in [0.05, 0.1) is 7.11 Å². The fourth-order valence-electron chi connectivity index (χ4n) is 4.19. The molecule has 1 saturated carbocycles. The third-order valence-electron chi connectivity index (χ3n) is 6.07. The lowest BCUT2D eigenvalue weighted by Crippen LogP contribution is -2.52. The summed E-state index contributed by atoms with van der Waals surface area (Å²) >= 11 is 6.09. The fraction of sp³-hybridized carbons (Fsp3) is 0.462. The molecule has 0 heterocycles. The topological polar surface area (TPSA) is 67.9 Å². The van der Waals surface area contributed by atoms with E-state index in [0.29, 0.717) is 22.9 Å². The Bertz CT molecular complexity index is 959. The minimum Gasteiger partial charge on any atom is -0.497 e. The van der Waals surface area contributed by atoms with E-state index in [9.17, 15) is 9.59 Å². The summed E-state index contributed by atoms with van der Waals surface area (Å²) in [6.07, 6.45) is 4.75. The lowest BCUT2D eigenvalue weighted by Gasteiger charge is -2.31. The van der Waals surface area contributed by atoms with Crippen molar-refractivity contribution < 1.29 is 19.1 Å². The van der Waals surface area contributed by atoms with Crippen LogP contribution in [0.4, 0.5) is 0 Å². The molecule has 7 heteroatoms. The molecule has 1 N–H and O–H groups in total. The minimum absolute atomic E-state index is 0.108. The molecule has 0 aromatic heterocycles. The van der Waals surface area contributed by atoms with Crippen molar-refractivity contribution in [2.24, 2.45) is 0 Å². The predicted octanol–water partition coefficient (Wildman–Crippen LogP) is 4.90. The summed E-state index contributed by atoms with van der Waals surface area (Å²) < 4.78 is 11.1. The smallest absolute Gasteiger partial charge is 0.261 e. The molecular formula is C26H33ClN2O4. The number of carbonyl (C=O) groups excluding carboxylic acids is 2. The summed E-state index contributed by atoms with van der Waals surface area (Å²) in [6.45, 7) is 3.93. The number of benzene rings is 2. The molecule has 2 aromatic carbocycles. The van der Waals surface area contributed by atoms with Crippen molar-refractivity contribution >= 4 is 23.4 Å². The van der Waals surface area contributed by atoms with Gasteiger partial charge in [0.1, 0.15) is 17.5 Å². The van der Waals surface area contributed by atoms with E-state index in [0.717, 1.165) is 36.8 Å². The molecule has 33 heavy (non-hydrogen) atoms. The van der Waals surface area contributed by atoms with E-state index < -0.39 is 6.04 Å². The molecule has 3 rings (SSSR count). The number of methoxy groups -OCH3 is 1. The first-order valence-corrected chi connectivity index (χ1v) is 11.9. The third kappa shape index (κ3) is 6.87.